The second-order valence-corrected chi connectivity index (χ2v) is 5.50. The first-order chi connectivity index (χ1) is 9.53. The third-order valence-corrected chi connectivity index (χ3v) is 3.65. The van der Waals surface area contributed by atoms with Crippen LogP contribution in [0, 0.1) is 5.41 Å². The third-order valence-electron chi connectivity index (χ3n) is 3.65. The zero-order chi connectivity index (χ0) is 15.0. The maximum Gasteiger partial charge on any atom is 0.224 e. The van der Waals surface area contributed by atoms with Gasteiger partial charge >= 0.3 is 0 Å². The Morgan fingerprint density at radius 1 is 1.25 bits per heavy atom. The van der Waals surface area contributed by atoms with Gasteiger partial charge < -0.3 is 15.7 Å². The largest absolute Gasteiger partial charge is 0.396 e. The predicted molar refractivity (Wildman–Crippen MR) is 82.8 cm³/mol. The Labute approximate surface area is 121 Å². The van der Waals surface area contributed by atoms with E-state index in [1.165, 1.54) is 0 Å². The number of carbonyl (C=O) groups excluding carboxylic acids is 1. The van der Waals surface area contributed by atoms with Crippen molar-refractivity contribution in [3.05, 3.63) is 29.8 Å². The minimum absolute atomic E-state index is 0.0482. The summed E-state index contributed by atoms with van der Waals surface area (Å²) in [4.78, 5) is 11.5. The molecule has 0 aliphatic carbocycles. The Morgan fingerprint density at radius 3 is 2.40 bits per heavy atom. The van der Waals surface area contributed by atoms with Crippen LogP contribution in [-0.4, -0.2) is 30.7 Å². The predicted octanol–water partition coefficient (Wildman–Crippen LogP) is 2.19. The molecule has 112 valence electrons. The number of anilines is 1. The molecule has 1 amide bonds. The standard InChI is InChI=1S/C16H26N2O2/c1-4-16(3,12-19)11-18-14-8-6-13(7-9-14)10-15(20)17-5-2/h6-9,18-19H,4-5,10-12H2,1-3H3,(H,17,20). The SMILES string of the molecule is CCNC(=O)Cc1ccc(NCC(C)(CC)CO)cc1. The number of hydrogen-bond donors (Lipinski definition) is 3. The highest BCUT2D eigenvalue weighted by atomic mass is 16.3. The van der Waals surface area contributed by atoms with Crippen LogP contribution < -0.4 is 10.6 Å². The first kappa shape index (κ1) is 16.5. The summed E-state index contributed by atoms with van der Waals surface area (Å²) in [6, 6.07) is 7.86. The number of amides is 1. The van der Waals surface area contributed by atoms with E-state index in [2.05, 4.69) is 24.5 Å². The Kier molecular flexibility index (Phi) is 6.52. The van der Waals surface area contributed by atoms with Crippen molar-refractivity contribution in [2.45, 2.75) is 33.6 Å². The lowest BCUT2D eigenvalue weighted by Crippen LogP contribution is -2.29. The quantitative estimate of drug-likeness (QED) is 0.683. The van der Waals surface area contributed by atoms with E-state index in [1.54, 1.807) is 0 Å². The fraction of sp³-hybridized carbons (Fsp3) is 0.562. The number of aliphatic hydroxyl groups is 1. The summed E-state index contributed by atoms with van der Waals surface area (Å²) < 4.78 is 0. The molecule has 4 nitrogen and oxygen atoms in total. The Morgan fingerprint density at radius 2 is 1.90 bits per heavy atom. The molecule has 20 heavy (non-hydrogen) atoms. The van der Waals surface area contributed by atoms with Crippen LogP contribution >= 0.6 is 0 Å². The lowest BCUT2D eigenvalue weighted by Gasteiger charge is -2.26. The van der Waals surface area contributed by atoms with Crippen LogP contribution in [0.4, 0.5) is 5.69 Å². The molecule has 1 aromatic rings. The Hall–Kier alpha value is -1.55. The normalized spacial score (nSPS) is 13.6. The highest BCUT2D eigenvalue weighted by molar-refractivity contribution is 5.78. The summed E-state index contributed by atoms with van der Waals surface area (Å²) >= 11 is 0. The number of carbonyl (C=O) groups is 1. The molecule has 0 spiro atoms. The van der Waals surface area contributed by atoms with Gasteiger partial charge in [-0.3, -0.25) is 4.79 Å². The first-order valence-corrected chi connectivity index (χ1v) is 7.23. The van der Waals surface area contributed by atoms with Gasteiger partial charge in [-0.25, -0.2) is 0 Å². The van der Waals surface area contributed by atoms with Crippen LogP contribution in [0.5, 0.6) is 0 Å². The van der Waals surface area contributed by atoms with Crippen LogP contribution in [-0.2, 0) is 11.2 Å². The number of hydrogen-bond acceptors (Lipinski definition) is 3. The fourth-order valence-corrected chi connectivity index (χ4v) is 1.79. The smallest absolute Gasteiger partial charge is 0.224 e. The first-order valence-electron chi connectivity index (χ1n) is 7.23. The number of rotatable bonds is 8. The summed E-state index contributed by atoms with van der Waals surface area (Å²) in [6.45, 7) is 7.62. The van der Waals surface area contributed by atoms with Gasteiger partial charge in [0.05, 0.1) is 13.0 Å². The second-order valence-electron chi connectivity index (χ2n) is 5.50. The molecule has 1 atom stereocenters. The van der Waals surface area contributed by atoms with Crippen molar-refractivity contribution in [3.63, 3.8) is 0 Å². The second kappa shape index (κ2) is 7.90. The summed E-state index contributed by atoms with van der Waals surface area (Å²) in [6.07, 6.45) is 1.34. The molecule has 0 saturated carbocycles. The van der Waals surface area contributed by atoms with Gasteiger partial charge in [0, 0.05) is 24.2 Å². The van der Waals surface area contributed by atoms with Crippen molar-refractivity contribution in [2.75, 3.05) is 25.0 Å². The molecular weight excluding hydrogens is 252 g/mol. The number of nitrogens with one attached hydrogen (secondary N) is 2. The molecule has 0 bridgehead atoms. The van der Waals surface area contributed by atoms with Gasteiger partial charge in [0.25, 0.3) is 0 Å². The molecule has 0 fully saturated rings. The summed E-state index contributed by atoms with van der Waals surface area (Å²) in [5.41, 5.74) is 1.92. The van der Waals surface area contributed by atoms with Gasteiger partial charge in [-0.05, 0) is 31.0 Å². The topological polar surface area (TPSA) is 61.4 Å². The number of likely N-dealkylation sites (N-methyl/N-ethyl adjacent to an activating group) is 1. The van der Waals surface area contributed by atoms with Gasteiger partial charge in [0.15, 0.2) is 0 Å². The maximum atomic E-state index is 11.5. The van der Waals surface area contributed by atoms with E-state index < -0.39 is 0 Å². The lowest BCUT2D eigenvalue weighted by molar-refractivity contribution is -0.120. The summed E-state index contributed by atoms with van der Waals surface area (Å²) in [5, 5.41) is 15.5. The molecule has 0 heterocycles. The van der Waals surface area contributed by atoms with Crippen molar-refractivity contribution < 1.29 is 9.90 Å². The summed E-state index contributed by atoms with van der Waals surface area (Å²) in [5.74, 6) is 0.0482. The number of aliphatic hydroxyl groups excluding tert-OH is 1. The molecule has 3 N–H and O–H groups in total. The molecule has 1 aromatic carbocycles. The number of benzene rings is 1. The van der Waals surface area contributed by atoms with Gasteiger partial charge in [0.1, 0.15) is 0 Å². The van der Waals surface area contributed by atoms with Crippen molar-refractivity contribution in [3.8, 4) is 0 Å². The monoisotopic (exact) mass is 278 g/mol. The van der Waals surface area contributed by atoms with Crippen LogP contribution in [0.3, 0.4) is 0 Å². The maximum absolute atomic E-state index is 11.5. The molecule has 0 saturated heterocycles. The molecular formula is C16H26N2O2. The van der Waals surface area contributed by atoms with Crippen LogP contribution in [0.15, 0.2) is 24.3 Å². The molecule has 0 radical (unpaired) electrons. The lowest BCUT2D eigenvalue weighted by atomic mass is 9.88. The summed E-state index contributed by atoms with van der Waals surface area (Å²) in [7, 11) is 0. The van der Waals surface area contributed by atoms with Gasteiger partial charge in [-0.15, -0.1) is 0 Å². The fourth-order valence-electron chi connectivity index (χ4n) is 1.79. The molecule has 1 rings (SSSR count). The van der Waals surface area contributed by atoms with E-state index in [0.29, 0.717) is 13.0 Å². The van der Waals surface area contributed by atoms with Crippen LogP contribution in [0.2, 0.25) is 0 Å². The third kappa shape index (κ3) is 5.21. The van der Waals surface area contributed by atoms with Crippen molar-refractivity contribution in [1.29, 1.82) is 0 Å². The van der Waals surface area contributed by atoms with Gasteiger partial charge in [-0.1, -0.05) is 26.0 Å². The van der Waals surface area contributed by atoms with Gasteiger partial charge in [0.2, 0.25) is 5.91 Å². The van der Waals surface area contributed by atoms with E-state index >= 15 is 0 Å². The zero-order valence-corrected chi connectivity index (χ0v) is 12.7. The highest BCUT2D eigenvalue weighted by Gasteiger charge is 2.20. The van der Waals surface area contributed by atoms with E-state index in [-0.39, 0.29) is 17.9 Å². The minimum Gasteiger partial charge on any atom is -0.396 e. The van der Waals surface area contributed by atoms with E-state index in [1.807, 2.05) is 31.2 Å². The van der Waals surface area contributed by atoms with E-state index in [0.717, 1.165) is 24.2 Å². The molecule has 0 aliphatic rings. The highest BCUT2D eigenvalue weighted by Crippen LogP contribution is 2.21. The molecule has 4 heteroatoms. The van der Waals surface area contributed by atoms with Crippen LogP contribution in [0.25, 0.3) is 0 Å². The van der Waals surface area contributed by atoms with Crippen molar-refractivity contribution in [1.82, 2.24) is 5.32 Å². The Bertz CT molecular complexity index is 411. The average Bonchev–Trinajstić information content (AvgIpc) is 2.46. The molecule has 0 aliphatic heterocycles. The molecule has 0 aromatic heterocycles. The average molecular weight is 278 g/mol. The van der Waals surface area contributed by atoms with Crippen molar-refractivity contribution in [2.24, 2.45) is 5.41 Å². The van der Waals surface area contributed by atoms with E-state index in [9.17, 15) is 9.90 Å². The van der Waals surface area contributed by atoms with Crippen molar-refractivity contribution >= 4 is 11.6 Å². The zero-order valence-electron chi connectivity index (χ0n) is 12.7. The van der Waals surface area contributed by atoms with Gasteiger partial charge in [-0.2, -0.15) is 0 Å². The Balaban J connectivity index is 2.52. The minimum atomic E-state index is -0.0975. The van der Waals surface area contributed by atoms with Crippen LogP contribution in [0.1, 0.15) is 32.8 Å². The van der Waals surface area contributed by atoms with E-state index in [4.69, 9.17) is 0 Å². The molecule has 1 unspecified atom stereocenters.